The van der Waals surface area contributed by atoms with Crippen LogP contribution in [-0.2, 0) is 6.42 Å². The van der Waals surface area contributed by atoms with E-state index in [0.717, 1.165) is 34.9 Å². The number of nitrogens with zero attached hydrogens (tertiary/aromatic N) is 3. The number of benzene rings is 4. The van der Waals surface area contributed by atoms with Gasteiger partial charge in [-0.25, -0.2) is 9.98 Å². The number of guanidine groups is 1. The SMILES string of the molecule is CC1N=C(Nc2ccc(CCNc3nc4ccccc4s3)cc2)N(C(=O)c2ccccc2)C1c1ccccc1. The molecule has 4 aromatic carbocycles. The second kappa shape index (κ2) is 11.1. The van der Waals surface area contributed by atoms with E-state index in [1.165, 1.54) is 10.3 Å². The Hall–Kier alpha value is -4.49. The first-order valence-corrected chi connectivity index (χ1v) is 13.9. The lowest BCUT2D eigenvalue weighted by Gasteiger charge is -2.28. The molecule has 0 spiro atoms. The number of hydrogen-bond donors (Lipinski definition) is 2. The second-order valence-corrected chi connectivity index (χ2v) is 10.6. The monoisotopic (exact) mass is 531 g/mol. The molecule has 2 atom stereocenters. The van der Waals surface area contributed by atoms with Crippen LogP contribution < -0.4 is 10.6 Å². The van der Waals surface area contributed by atoms with Gasteiger partial charge in [0.15, 0.2) is 5.13 Å². The van der Waals surface area contributed by atoms with Gasteiger partial charge in [-0.05, 0) is 60.9 Å². The molecule has 194 valence electrons. The third-order valence-corrected chi connectivity index (χ3v) is 7.86. The number of amides is 1. The van der Waals surface area contributed by atoms with Crippen LogP contribution in [0.4, 0.5) is 10.8 Å². The average molecular weight is 532 g/mol. The minimum Gasteiger partial charge on any atom is -0.361 e. The van der Waals surface area contributed by atoms with E-state index in [4.69, 9.17) is 4.99 Å². The highest BCUT2D eigenvalue weighted by Gasteiger charge is 2.39. The molecule has 0 radical (unpaired) electrons. The number of carbonyl (C=O) groups excluding carboxylic acids is 1. The summed E-state index contributed by atoms with van der Waals surface area (Å²) in [4.78, 5) is 25.0. The van der Waals surface area contributed by atoms with Gasteiger partial charge in [-0.2, -0.15) is 0 Å². The third kappa shape index (κ3) is 5.40. The first-order chi connectivity index (χ1) is 19.2. The molecule has 1 aromatic heterocycles. The van der Waals surface area contributed by atoms with E-state index in [1.54, 1.807) is 16.2 Å². The fourth-order valence-corrected chi connectivity index (χ4v) is 5.82. The first-order valence-electron chi connectivity index (χ1n) is 13.1. The van der Waals surface area contributed by atoms with Gasteiger partial charge in [0.25, 0.3) is 5.91 Å². The summed E-state index contributed by atoms with van der Waals surface area (Å²) in [5.74, 6) is 0.494. The average Bonchev–Trinajstić information content (AvgIpc) is 3.54. The number of thiazole rings is 1. The second-order valence-electron chi connectivity index (χ2n) is 9.58. The van der Waals surface area contributed by atoms with Gasteiger partial charge in [0.1, 0.15) is 0 Å². The van der Waals surface area contributed by atoms with E-state index < -0.39 is 0 Å². The lowest BCUT2D eigenvalue weighted by atomic mass is 10.00. The number of carbonyl (C=O) groups is 1. The van der Waals surface area contributed by atoms with Crippen LogP contribution in [0.3, 0.4) is 0 Å². The molecule has 1 amide bonds. The molecule has 6 nitrogen and oxygen atoms in total. The van der Waals surface area contributed by atoms with Gasteiger partial charge in [-0.3, -0.25) is 9.69 Å². The highest BCUT2D eigenvalue weighted by Crippen LogP contribution is 2.34. The fourth-order valence-electron chi connectivity index (χ4n) is 4.93. The molecule has 1 aliphatic rings. The van der Waals surface area contributed by atoms with Gasteiger partial charge >= 0.3 is 0 Å². The largest absolute Gasteiger partial charge is 0.361 e. The molecule has 0 saturated heterocycles. The van der Waals surface area contributed by atoms with E-state index in [-0.39, 0.29) is 18.0 Å². The van der Waals surface area contributed by atoms with Crippen molar-refractivity contribution < 1.29 is 4.79 Å². The van der Waals surface area contributed by atoms with Gasteiger partial charge in [-0.1, -0.05) is 84.1 Å². The van der Waals surface area contributed by atoms with Crippen molar-refractivity contribution >= 4 is 44.2 Å². The van der Waals surface area contributed by atoms with Crippen LogP contribution >= 0.6 is 11.3 Å². The van der Waals surface area contributed by atoms with E-state index in [2.05, 4.69) is 52.9 Å². The number of hydrogen-bond acceptors (Lipinski definition) is 6. The molecule has 0 aliphatic carbocycles. The molecule has 6 rings (SSSR count). The molecule has 2 N–H and O–H groups in total. The van der Waals surface area contributed by atoms with E-state index in [1.807, 2.05) is 78.9 Å². The zero-order valence-electron chi connectivity index (χ0n) is 21.6. The molecule has 5 aromatic rings. The van der Waals surface area contributed by atoms with Crippen molar-refractivity contribution in [2.24, 2.45) is 4.99 Å². The van der Waals surface area contributed by atoms with Crippen molar-refractivity contribution in [2.45, 2.75) is 25.4 Å². The molecule has 1 aliphatic heterocycles. The molecule has 0 fully saturated rings. The van der Waals surface area contributed by atoms with Crippen LogP contribution in [0.1, 0.15) is 34.5 Å². The zero-order chi connectivity index (χ0) is 26.6. The number of fused-ring (bicyclic) bond motifs is 1. The summed E-state index contributed by atoms with van der Waals surface area (Å²) in [6.07, 6.45) is 0.878. The van der Waals surface area contributed by atoms with Gasteiger partial charge in [-0.15, -0.1) is 0 Å². The number of rotatable bonds is 7. The quantitative estimate of drug-likeness (QED) is 0.237. The number of nitrogens with one attached hydrogen (secondary N) is 2. The predicted octanol–water partition coefficient (Wildman–Crippen LogP) is 7.00. The summed E-state index contributed by atoms with van der Waals surface area (Å²) >= 11 is 1.67. The van der Waals surface area contributed by atoms with Crippen LogP contribution in [0.2, 0.25) is 0 Å². The topological polar surface area (TPSA) is 69.6 Å². The standard InChI is InChI=1S/C32H29N5OS/c1-22-29(24-10-4-2-5-11-24)37(30(38)25-12-6-3-7-13-25)31(34-22)35-26-18-16-23(17-19-26)20-21-33-32-36-27-14-8-9-15-28(27)39-32/h2-19,22,29H,20-21H2,1H3,(H,33,36)(H,34,35). The van der Waals surface area contributed by atoms with Crippen molar-refractivity contribution in [1.82, 2.24) is 9.88 Å². The fraction of sp³-hybridized carbons (Fsp3) is 0.156. The Balaban J connectivity index is 1.15. The normalized spacial score (nSPS) is 16.7. The number of anilines is 2. The number of aliphatic imine (C=N–C) groups is 1. The molecule has 0 bridgehead atoms. The Labute approximate surface area is 232 Å². The minimum atomic E-state index is -0.186. The Morgan fingerprint density at radius 3 is 2.31 bits per heavy atom. The molecule has 39 heavy (non-hydrogen) atoms. The Kier molecular flexibility index (Phi) is 7.06. The van der Waals surface area contributed by atoms with E-state index in [0.29, 0.717) is 11.5 Å². The summed E-state index contributed by atoms with van der Waals surface area (Å²) in [5.41, 5.74) is 4.83. The summed E-state index contributed by atoms with van der Waals surface area (Å²) in [5, 5.41) is 7.81. The van der Waals surface area contributed by atoms with Crippen molar-refractivity contribution in [3.8, 4) is 0 Å². The predicted molar refractivity (Wildman–Crippen MR) is 161 cm³/mol. The highest BCUT2D eigenvalue weighted by atomic mass is 32.1. The van der Waals surface area contributed by atoms with Crippen molar-refractivity contribution in [3.05, 3.63) is 126 Å². The summed E-state index contributed by atoms with van der Waals surface area (Å²) in [6.45, 7) is 2.86. The summed E-state index contributed by atoms with van der Waals surface area (Å²) in [6, 6.07) is 35.7. The summed E-state index contributed by atoms with van der Waals surface area (Å²) in [7, 11) is 0. The maximum atomic E-state index is 13.7. The minimum absolute atomic E-state index is 0.0717. The molecular formula is C32H29N5OS. The van der Waals surface area contributed by atoms with Crippen LogP contribution in [0.25, 0.3) is 10.2 Å². The Bertz CT molecular complexity index is 1570. The van der Waals surface area contributed by atoms with Crippen LogP contribution in [-0.4, -0.2) is 34.3 Å². The van der Waals surface area contributed by atoms with Crippen molar-refractivity contribution in [2.75, 3.05) is 17.2 Å². The Morgan fingerprint density at radius 1 is 0.872 bits per heavy atom. The number of aromatic nitrogens is 1. The van der Waals surface area contributed by atoms with Gasteiger partial charge in [0.05, 0.1) is 22.3 Å². The highest BCUT2D eigenvalue weighted by molar-refractivity contribution is 7.22. The van der Waals surface area contributed by atoms with Gasteiger partial charge in [0.2, 0.25) is 5.96 Å². The summed E-state index contributed by atoms with van der Waals surface area (Å²) < 4.78 is 1.19. The Morgan fingerprint density at radius 2 is 1.56 bits per heavy atom. The van der Waals surface area contributed by atoms with Crippen LogP contribution in [0, 0.1) is 0 Å². The lowest BCUT2D eigenvalue weighted by Crippen LogP contribution is -2.41. The van der Waals surface area contributed by atoms with Gasteiger partial charge in [0, 0.05) is 17.8 Å². The maximum Gasteiger partial charge on any atom is 0.261 e. The molecule has 2 unspecified atom stereocenters. The molecule has 2 heterocycles. The van der Waals surface area contributed by atoms with Crippen LogP contribution in [0.15, 0.2) is 114 Å². The maximum absolute atomic E-state index is 13.7. The molecule has 7 heteroatoms. The number of para-hydroxylation sites is 1. The smallest absolute Gasteiger partial charge is 0.261 e. The van der Waals surface area contributed by atoms with Crippen molar-refractivity contribution in [3.63, 3.8) is 0 Å². The van der Waals surface area contributed by atoms with Gasteiger partial charge < -0.3 is 10.6 Å². The molecule has 0 saturated carbocycles. The molecular weight excluding hydrogens is 502 g/mol. The zero-order valence-corrected chi connectivity index (χ0v) is 22.4. The van der Waals surface area contributed by atoms with Crippen molar-refractivity contribution in [1.29, 1.82) is 0 Å². The lowest BCUT2D eigenvalue weighted by molar-refractivity contribution is 0.0806. The first kappa shape index (κ1) is 24.8. The van der Waals surface area contributed by atoms with E-state index in [9.17, 15) is 4.79 Å². The van der Waals surface area contributed by atoms with Crippen LogP contribution in [0.5, 0.6) is 0 Å². The van der Waals surface area contributed by atoms with E-state index >= 15 is 0 Å². The third-order valence-electron chi connectivity index (χ3n) is 6.86.